The molecule has 2 rings (SSSR count). The summed E-state index contributed by atoms with van der Waals surface area (Å²) in [5.41, 5.74) is 2.69. The molecule has 0 saturated carbocycles. The van der Waals surface area contributed by atoms with Gasteiger partial charge in [0, 0.05) is 11.3 Å². The minimum absolute atomic E-state index is 0.135. The number of aryl methyl sites for hydroxylation is 1. The summed E-state index contributed by atoms with van der Waals surface area (Å²) in [5, 5.41) is 2.91. The predicted molar refractivity (Wildman–Crippen MR) is 93.7 cm³/mol. The van der Waals surface area contributed by atoms with Crippen LogP contribution in [-0.2, 0) is 6.42 Å². The van der Waals surface area contributed by atoms with Crippen molar-refractivity contribution < 1.29 is 9.53 Å². The fourth-order valence-electron chi connectivity index (χ4n) is 2.15. The maximum atomic E-state index is 12.3. The fraction of sp³-hybridized carbons (Fsp3) is 0.278. The van der Waals surface area contributed by atoms with Crippen molar-refractivity contribution in [2.75, 3.05) is 12.4 Å². The number of amides is 1. The molecule has 0 fully saturated rings. The first-order chi connectivity index (χ1) is 10.6. The molecule has 1 amide bonds. The van der Waals surface area contributed by atoms with Crippen LogP contribution in [0.2, 0.25) is 0 Å². The number of rotatable bonds is 6. The molecule has 0 aliphatic rings. The number of hydrogen-bond acceptors (Lipinski definition) is 2. The van der Waals surface area contributed by atoms with Crippen LogP contribution in [0.15, 0.2) is 46.9 Å². The van der Waals surface area contributed by atoms with Crippen molar-refractivity contribution in [1.82, 2.24) is 0 Å². The molecule has 2 aromatic rings. The van der Waals surface area contributed by atoms with E-state index in [0.717, 1.165) is 16.6 Å². The summed E-state index contributed by atoms with van der Waals surface area (Å²) in [6, 6.07) is 13.3. The number of methoxy groups -OCH3 is 1. The van der Waals surface area contributed by atoms with Crippen molar-refractivity contribution in [3.05, 3.63) is 58.1 Å². The Morgan fingerprint density at radius 1 is 1.18 bits per heavy atom. The van der Waals surface area contributed by atoms with Crippen LogP contribution in [0.4, 0.5) is 5.69 Å². The van der Waals surface area contributed by atoms with Gasteiger partial charge in [0.15, 0.2) is 0 Å². The molecule has 0 bridgehead atoms. The average molecular weight is 362 g/mol. The van der Waals surface area contributed by atoms with Gasteiger partial charge in [-0.25, -0.2) is 0 Å². The van der Waals surface area contributed by atoms with Crippen molar-refractivity contribution in [1.29, 1.82) is 0 Å². The maximum Gasteiger partial charge on any atom is 0.255 e. The Morgan fingerprint density at radius 3 is 2.50 bits per heavy atom. The van der Waals surface area contributed by atoms with Crippen molar-refractivity contribution in [2.24, 2.45) is 0 Å². The van der Waals surface area contributed by atoms with Crippen LogP contribution < -0.4 is 10.1 Å². The number of carbonyl (C=O) groups excluding carboxylic acids is 1. The van der Waals surface area contributed by atoms with Gasteiger partial charge in [0.1, 0.15) is 5.75 Å². The monoisotopic (exact) mass is 361 g/mol. The summed E-state index contributed by atoms with van der Waals surface area (Å²) in [4.78, 5) is 12.3. The summed E-state index contributed by atoms with van der Waals surface area (Å²) in [6.07, 6.45) is 3.45. The number of halogens is 1. The molecule has 0 atom stereocenters. The van der Waals surface area contributed by atoms with E-state index < -0.39 is 0 Å². The lowest BCUT2D eigenvalue weighted by molar-refractivity contribution is 0.102. The SMILES string of the molecule is CCCCc1ccc(NC(=O)c2ccc(OC)c(Br)c2)cc1. The second-order valence-corrected chi connectivity index (χ2v) is 5.96. The normalized spacial score (nSPS) is 10.3. The molecule has 0 aliphatic heterocycles. The second-order valence-electron chi connectivity index (χ2n) is 5.10. The Labute approximate surface area is 139 Å². The van der Waals surface area contributed by atoms with Gasteiger partial charge in [-0.05, 0) is 64.7 Å². The molecule has 2 aromatic carbocycles. The van der Waals surface area contributed by atoms with E-state index >= 15 is 0 Å². The maximum absolute atomic E-state index is 12.3. The van der Waals surface area contributed by atoms with E-state index in [4.69, 9.17) is 4.74 Å². The Morgan fingerprint density at radius 2 is 1.91 bits per heavy atom. The highest BCUT2D eigenvalue weighted by Crippen LogP contribution is 2.26. The van der Waals surface area contributed by atoms with Crippen LogP contribution in [0.25, 0.3) is 0 Å². The van der Waals surface area contributed by atoms with Crippen LogP contribution in [0, 0.1) is 0 Å². The standard InChI is InChI=1S/C18H20BrNO2/c1-3-4-5-13-6-9-15(10-7-13)20-18(21)14-8-11-17(22-2)16(19)12-14/h6-12H,3-5H2,1-2H3,(H,20,21). The van der Waals surface area contributed by atoms with Gasteiger partial charge in [0.25, 0.3) is 5.91 Å². The molecule has 4 heteroatoms. The van der Waals surface area contributed by atoms with E-state index in [1.54, 1.807) is 25.3 Å². The molecule has 0 heterocycles. The second kappa shape index (κ2) is 7.99. The van der Waals surface area contributed by atoms with Crippen molar-refractivity contribution in [2.45, 2.75) is 26.2 Å². The molecule has 0 unspecified atom stereocenters. The predicted octanol–water partition coefficient (Wildman–Crippen LogP) is 5.05. The average Bonchev–Trinajstić information content (AvgIpc) is 2.54. The molecule has 22 heavy (non-hydrogen) atoms. The van der Waals surface area contributed by atoms with Gasteiger partial charge in [-0.2, -0.15) is 0 Å². The highest BCUT2D eigenvalue weighted by atomic mass is 79.9. The van der Waals surface area contributed by atoms with Crippen molar-refractivity contribution >= 4 is 27.5 Å². The minimum atomic E-state index is -0.135. The summed E-state index contributed by atoms with van der Waals surface area (Å²) in [5.74, 6) is 0.571. The Balaban J connectivity index is 2.03. The Kier molecular flexibility index (Phi) is 6.01. The van der Waals surface area contributed by atoms with E-state index in [1.165, 1.54) is 18.4 Å². The molecule has 3 nitrogen and oxygen atoms in total. The third-order valence-corrected chi connectivity index (χ3v) is 4.06. The number of anilines is 1. The van der Waals surface area contributed by atoms with Crippen LogP contribution in [0.3, 0.4) is 0 Å². The van der Waals surface area contributed by atoms with Crippen LogP contribution in [0.5, 0.6) is 5.75 Å². The molecule has 0 aromatic heterocycles. The van der Waals surface area contributed by atoms with E-state index in [2.05, 4.69) is 40.3 Å². The molecule has 0 radical (unpaired) electrons. The number of unbranched alkanes of at least 4 members (excludes halogenated alkanes) is 1. The first-order valence-electron chi connectivity index (χ1n) is 7.38. The van der Waals surface area contributed by atoms with E-state index in [1.807, 2.05) is 12.1 Å². The van der Waals surface area contributed by atoms with Gasteiger partial charge in [-0.15, -0.1) is 0 Å². The first kappa shape index (κ1) is 16.6. The molecule has 0 saturated heterocycles. The van der Waals surface area contributed by atoms with Crippen molar-refractivity contribution in [3.63, 3.8) is 0 Å². The van der Waals surface area contributed by atoms with Gasteiger partial charge < -0.3 is 10.1 Å². The number of ether oxygens (including phenoxy) is 1. The third-order valence-electron chi connectivity index (χ3n) is 3.44. The number of carbonyl (C=O) groups is 1. The zero-order chi connectivity index (χ0) is 15.9. The third kappa shape index (κ3) is 4.34. The minimum Gasteiger partial charge on any atom is -0.496 e. The summed E-state index contributed by atoms with van der Waals surface area (Å²) >= 11 is 3.39. The highest BCUT2D eigenvalue weighted by Gasteiger charge is 2.09. The first-order valence-corrected chi connectivity index (χ1v) is 8.17. The van der Waals surface area contributed by atoms with Gasteiger partial charge in [-0.1, -0.05) is 25.5 Å². The van der Waals surface area contributed by atoms with Crippen LogP contribution >= 0.6 is 15.9 Å². The van der Waals surface area contributed by atoms with Gasteiger partial charge in [0.2, 0.25) is 0 Å². The van der Waals surface area contributed by atoms with Gasteiger partial charge >= 0.3 is 0 Å². The lowest BCUT2D eigenvalue weighted by Crippen LogP contribution is -2.11. The highest BCUT2D eigenvalue weighted by molar-refractivity contribution is 9.10. The molecule has 0 aliphatic carbocycles. The van der Waals surface area contributed by atoms with Gasteiger partial charge in [0.05, 0.1) is 11.6 Å². The largest absolute Gasteiger partial charge is 0.496 e. The summed E-state index contributed by atoms with van der Waals surface area (Å²) in [6.45, 7) is 2.18. The quantitative estimate of drug-likeness (QED) is 0.781. The Hall–Kier alpha value is -1.81. The number of nitrogens with one attached hydrogen (secondary N) is 1. The van der Waals surface area contributed by atoms with Crippen molar-refractivity contribution in [3.8, 4) is 5.75 Å². The zero-order valence-corrected chi connectivity index (χ0v) is 14.4. The number of benzene rings is 2. The molecular formula is C18H20BrNO2. The molecular weight excluding hydrogens is 342 g/mol. The lowest BCUT2D eigenvalue weighted by atomic mass is 10.1. The Bertz CT molecular complexity index is 638. The van der Waals surface area contributed by atoms with Crippen LogP contribution in [0.1, 0.15) is 35.7 Å². The zero-order valence-electron chi connectivity index (χ0n) is 12.9. The fourth-order valence-corrected chi connectivity index (χ4v) is 2.69. The summed E-state index contributed by atoms with van der Waals surface area (Å²) in [7, 11) is 1.60. The van der Waals surface area contributed by atoms with Crippen LogP contribution in [-0.4, -0.2) is 13.0 Å². The molecule has 116 valence electrons. The van der Waals surface area contributed by atoms with Gasteiger partial charge in [-0.3, -0.25) is 4.79 Å². The topological polar surface area (TPSA) is 38.3 Å². The lowest BCUT2D eigenvalue weighted by Gasteiger charge is -2.08. The smallest absolute Gasteiger partial charge is 0.255 e. The van der Waals surface area contributed by atoms with E-state index in [-0.39, 0.29) is 5.91 Å². The summed E-state index contributed by atoms with van der Waals surface area (Å²) < 4.78 is 5.93. The number of hydrogen-bond donors (Lipinski definition) is 1. The molecule has 0 spiro atoms. The molecule has 1 N–H and O–H groups in total. The van der Waals surface area contributed by atoms with E-state index in [0.29, 0.717) is 11.3 Å². The van der Waals surface area contributed by atoms with E-state index in [9.17, 15) is 4.79 Å².